The Morgan fingerprint density at radius 2 is 2.00 bits per heavy atom. The van der Waals surface area contributed by atoms with Gasteiger partial charge in [-0.3, -0.25) is 4.99 Å². The van der Waals surface area contributed by atoms with Crippen molar-refractivity contribution in [1.82, 2.24) is 10.6 Å². The minimum Gasteiger partial charge on any atom is -0.392 e. The molecular formula is C18H30FN3O. The van der Waals surface area contributed by atoms with E-state index in [1.54, 1.807) is 19.2 Å². The number of nitrogens with zero attached hydrogens (tertiary/aromatic N) is 1. The maximum Gasteiger partial charge on any atom is 0.191 e. The molecule has 1 aromatic carbocycles. The zero-order chi connectivity index (χ0) is 17.2. The van der Waals surface area contributed by atoms with Crippen molar-refractivity contribution in [3.8, 4) is 0 Å². The van der Waals surface area contributed by atoms with Crippen LogP contribution in [0.25, 0.3) is 0 Å². The quantitative estimate of drug-likeness (QED) is 0.509. The molecule has 23 heavy (non-hydrogen) atoms. The summed E-state index contributed by atoms with van der Waals surface area (Å²) in [6.45, 7) is 6.87. The van der Waals surface area contributed by atoms with Crippen LogP contribution in [0.4, 0.5) is 4.39 Å². The van der Waals surface area contributed by atoms with E-state index in [4.69, 9.17) is 5.11 Å². The number of hydrogen-bond donors (Lipinski definition) is 3. The Labute approximate surface area is 139 Å². The van der Waals surface area contributed by atoms with E-state index in [0.717, 1.165) is 23.9 Å². The van der Waals surface area contributed by atoms with Crippen LogP contribution in [0.15, 0.2) is 23.2 Å². The fraction of sp³-hybridized carbons (Fsp3) is 0.611. The molecule has 3 N–H and O–H groups in total. The molecule has 0 aliphatic carbocycles. The van der Waals surface area contributed by atoms with Crippen LogP contribution in [0.5, 0.6) is 0 Å². The molecule has 0 saturated carbocycles. The lowest BCUT2D eigenvalue weighted by molar-refractivity contribution is 0.275. The highest BCUT2D eigenvalue weighted by atomic mass is 19.1. The number of halogens is 1. The Kier molecular flexibility index (Phi) is 8.62. The van der Waals surface area contributed by atoms with Crippen LogP contribution in [0.2, 0.25) is 0 Å². The minimum atomic E-state index is -0.377. The molecule has 1 aromatic rings. The highest BCUT2D eigenvalue weighted by Crippen LogP contribution is 2.11. The van der Waals surface area contributed by atoms with Crippen molar-refractivity contribution in [2.45, 2.75) is 59.2 Å². The van der Waals surface area contributed by atoms with Gasteiger partial charge in [-0.1, -0.05) is 32.8 Å². The summed E-state index contributed by atoms with van der Waals surface area (Å²) in [6, 6.07) is 5.11. The van der Waals surface area contributed by atoms with Crippen molar-refractivity contribution in [2.24, 2.45) is 10.9 Å². The maximum atomic E-state index is 13.4. The monoisotopic (exact) mass is 323 g/mol. The standard InChI is InChI=1S/C18H30FN3O/c1-13(2)6-5-7-14(3)22-18(20-4)21-11-15-8-9-17(19)16(10-15)12-23/h8-10,13-14,23H,5-7,11-12H2,1-4H3,(H2,20,21,22). The van der Waals surface area contributed by atoms with Gasteiger partial charge >= 0.3 is 0 Å². The molecular weight excluding hydrogens is 293 g/mol. The second kappa shape index (κ2) is 10.2. The van der Waals surface area contributed by atoms with E-state index < -0.39 is 0 Å². The number of hydrogen-bond acceptors (Lipinski definition) is 2. The van der Waals surface area contributed by atoms with Crippen LogP contribution in [0.1, 0.15) is 51.2 Å². The first-order valence-corrected chi connectivity index (χ1v) is 8.31. The van der Waals surface area contributed by atoms with E-state index in [-0.39, 0.29) is 12.4 Å². The SMILES string of the molecule is CN=C(NCc1ccc(F)c(CO)c1)NC(C)CCCC(C)C. The first-order chi connectivity index (χ1) is 11.0. The van der Waals surface area contributed by atoms with Crippen LogP contribution in [0.3, 0.4) is 0 Å². The van der Waals surface area contributed by atoms with Crippen molar-refractivity contribution >= 4 is 5.96 Å². The van der Waals surface area contributed by atoms with Gasteiger partial charge in [0.05, 0.1) is 6.61 Å². The molecule has 0 aliphatic heterocycles. The number of benzene rings is 1. The van der Waals surface area contributed by atoms with E-state index in [2.05, 4.69) is 36.4 Å². The highest BCUT2D eigenvalue weighted by molar-refractivity contribution is 5.79. The van der Waals surface area contributed by atoms with Gasteiger partial charge in [-0.2, -0.15) is 0 Å². The zero-order valence-electron chi connectivity index (χ0n) is 14.7. The van der Waals surface area contributed by atoms with E-state index >= 15 is 0 Å². The summed E-state index contributed by atoms with van der Waals surface area (Å²) < 4.78 is 13.4. The molecule has 1 atom stereocenters. The summed E-state index contributed by atoms with van der Waals surface area (Å²) >= 11 is 0. The van der Waals surface area contributed by atoms with Gasteiger partial charge in [0.2, 0.25) is 0 Å². The summed E-state index contributed by atoms with van der Waals surface area (Å²) in [5.41, 5.74) is 1.22. The van der Waals surface area contributed by atoms with Gasteiger partial charge in [0.1, 0.15) is 5.82 Å². The fourth-order valence-electron chi connectivity index (χ4n) is 2.38. The van der Waals surface area contributed by atoms with Gasteiger partial charge in [0.25, 0.3) is 0 Å². The Bertz CT molecular complexity index is 503. The van der Waals surface area contributed by atoms with Crippen molar-refractivity contribution in [3.63, 3.8) is 0 Å². The fourth-order valence-corrected chi connectivity index (χ4v) is 2.38. The lowest BCUT2D eigenvalue weighted by Crippen LogP contribution is -2.41. The summed E-state index contributed by atoms with van der Waals surface area (Å²) in [4.78, 5) is 4.22. The van der Waals surface area contributed by atoms with Crippen LogP contribution < -0.4 is 10.6 Å². The number of aliphatic imine (C=N–C) groups is 1. The zero-order valence-corrected chi connectivity index (χ0v) is 14.7. The number of rotatable bonds is 8. The van der Waals surface area contributed by atoms with Gasteiger partial charge in [-0.25, -0.2) is 4.39 Å². The topological polar surface area (TPSA) is 56.7 Å². The summed E-state index contributed by atoms with van der Waals surface area (Å²) in [5, 5.41) is 15.7. The molecule has 130 valence electrons. The van der Waals surface area contributed by atoms with Crippen molar-refractivity contribution in [3.05, 3.63) is 35.1 Å². The molecule has 0 aliphatic rings. The Hall–Kier alpha value is -1.62. The summed E-state index contributed by atoms with van der Waals surface area (Å²) in [5.74, 6) is 1.09. The van der Waals surface area contributed by atoms with E-state index in [1.165, 1.54) is 18.9 Å². The smallest absolute Gasteiger partial charge is 0.191 e. The van der Waals surface area contributed by atoms with Gasteiger partial charge in [0, 0.05) is 25.2 Å². The lowest BCUT2D eigenvalue weighted by Gasteiger charge is -2.18. The van der Waals surface area contributed by atoms with Crippen molar-refractivity contribution in [2.75, 3.05) is 7.05 Å². The molecule has 4 nitrogen and oxygen atoms in total. The molecule has 1 unspecified atom stereocenters. The van der Waals surface area contributed by atoms with Crippen LogP contribution in [0, 0.1) is 11.7 Å². The van der Waals surface area contributed by atoms with E-state index in [0.29, 0.717) is 18.2 Å². The molecule has 0 aromatic heterocycles. The van der Waals surface area contributed by atoms with E-state index in [9.17, 15) is 4.39 Å². The Morgan fingerprint density at radius 3 is 2.61 bits per heavy atom. The van der Waals surface area contributed by atoms with Crippen molar-refractivity contribution in [1.29, 1.82) is 0 Å². The van der Waals surface area contributed by atoms with Gasteiger partial charge in [-0.15, -0.1) is 0 Å². The average Bonchev–Trinajstić information content (AvgIpc) is 2.52. The first-order valence-electron chi connectivity index (χ1n) is 8.31. The predicted molar refractivity (Wildman–Crippen MR) is 93.8 cm³/mol. The predicted octanol–water partition coefficient (Wildman–Crippen LogP) is 3.20. The number of nitrogens with one attached hydrogen (secondary N) is 2. The van der Waals surface area contributed by atoms with Gasteiger partial charge < -0.3 is 15.7 Å². The molecule has 5 heteroatoms. The third-order valence-electron chi connectivity index (χ3n) is 3.77. The second-order valence-corrected chi connectivity index (χ2v) is 6.38. The highest BCUT2D eigenvalue weighted by Gasteiger charge is 2.07. The maximum absolute atomic E-state index is 13.4. The van der Waals surface area contributed by atoms with Crippen LogP contribution >= 0.6 is 0 Å². The lowest BCUT2D eigenvalue weighted by atomic mass is 10.0. The molecule has 0 radical (unpaired) electrons. The molecule has 0 spiro atoms. The molecule has 1 rings (SSSR count). The molecule has 0 saturated heterocycles. The molecule has 0 heterocycles. The first kappa shape index (κ1) is 19.4. The minimum absolute atomic E-state index is 0.292. The van der Waals surface area contributed by atoms with Gasteiger partial charge in [-0.05, 0) is 37.0 Å². The summed E-state index contributed by atoms with van der Waals surface area (Å²) in [6.07, 6.45) is 3.53. The van der Waals surface area contributed by atoms with Crippen molar-refractivity contribution < 1.29 is 9.50 Å². The summed E-state index contributed by atoms with van der Waals surface area (Å²) in [7, 11) is 1.74. The molecule has 0 amide bonds. The average molecular weight is 323 g/mol. The Morgan fingerprint density at radius 1 is 1.26 bits per heavy atom. The molecule has 0 fully saturated rings. The van der Waals surface area contributed by atoms with Crippen LogP contribution in [-0.4, -0.2) is 24.2 Å². The normalized spacial score (nSPS) is 13.3. The third kappa shape index (κ3) is 7.46. The molecule has 0 bridgehead atoms. The van der Waals surface area contributed by atoms with E-state index in [1.807, 2.05) is 0 Å². The number of aliphatic hydroxyl groups excluding tert-OH is 1. The second-order valence-electron chi connectivity index (χ2n) is 6.38. The number of guanidine groups is 1. The number of aliphatic hydroxyl groups is 1. The third-order valence-corrected chi connectivity index (χ3v) is 3.77. The Balaban J connectivity index is 2.45. The largest absolute Gasteiger partial charge is 0.392 e. The van der Waals surface area contributed by atoms with Crippen LogP contribution in [-0.2, 0) is 13.2 Å². The van der Waals surface area contributed by atoms with Gasteiger partial charge in [0.15, 0.2) is 5.96 Å².